The van der Waals surface area contributed by atoms with E-state index in [1.807, 2.05) is 42.2 Å². The number of anilines is 1. The van der Waals surface area contributed by atoms with E-state index < -0.39 is 0 Å². The van der Waals surface area contributed by atoms with E-state index >= 15 is 0 Å². The molecule has 26 heavy (non-hydrogen) atoms. The predicted octanol–water partition coefficient (Wildman–Crippen LogP) is 3.35. The van der Waals surface area contributed by atoms with E-state index in [1.165, 1.54) is 0 Å². The summed E-state index contributed by atoms with van der Waals surface area (Å²) >= 11 is 0. The van der Waals surface area contributed by atoms with Crippen molar-refractivity contribution < 1.29 is 0 Å². The molecular weight excluding hydrogens is 326 g/mol. The highest BCUT2D eigenvalue weighted by molar-refractivity contribution is 5.52. The van der Waals surface area contributed by atoms with E-state index in [0.717, 1.165) is 28.3 Å². The summed E-state index contributed by atoms with van der Waals surface area (Å²) < 4.78 is 3.64. The van der Waals surface area contributed by atoms with Crippen LogP contribution in [0.5, 0.6) is 0 Å². The van der Waals surface area contributed by atoms with E-state index in [4.69, 9.17) is 0 Å². The molecule has 0 fully saturated rings. The molecule has 0 saturated carbocycles. The Balaban J connectivity index is 1.68. The van der Waals surface area contributed by atoms with Gasteiger partial charge in [-0.1, -0.05) is 32.0 Å². The summed E-state index contributed by atoms with van der Waals surface area (Å²) in [6.07, 6.45) is 5.59. The van der Waals surface area contributed by atoms with Crippen molar-refractivity contribution in [3.05, 3.63) is 65.9 Å². The van der Waals surface area contributed by atoms with Gasteiger partial charge in [0, 0.05) is 24.5 Å². The number of nitrogens with one attached hydrogen (secondary N) is 1. The third kappa shape index (κ3) is 2.92. The SMILES string of the molecule is Cc1nc(NCc2ccccc2-n2cccn2)n2ncc(C(C)C)c2n1. The number of aryl methyl sites for hydroxylation is 1. The minimum atomic E-state index is 0.357. The highest BCUT2D eigenvalue weighted by atomic mass is 15.3. The number of aromatic nitrogens is 6. The fourth-order valence-corrected chi connectivity index (χ4v) is 2.99. The van der Waals surface area contributed by atoms with Crippen molar-refractivity contribution in [2.75, 3.05) is 5.32 Å². The Hall–Kier alpha value is -3.22. The zero-order valence-electron chi connectivity index (χ0n) is 15.1. The molecular formula is C19H21N7. The van der Waals surface area contributed by atoms with Gasteiger partial charge in [-0.05, 0) is 30.5 Å². The lowest BCUT2D eigenvalue weighted by molar-refractivity contribution is 0.841. The largest absolute Gasteiger partial charge is 0.350 e. The van der Waals surface area contributed by atoms with E-state index in [-0.39, 0.29) is 0 Å². The first-order valence-corrected chi connectivity index (χ1v) is 8.67. The van der Waals surface area contributed by atoms with Gasteiger partial charge < -0.3 is 5.32 Å². The van der Waals surface area contributed by atoms with Crippen LogP contribution < -0.4 is 5.32 Å². The summed E-state index contributed by atoms with van der Waals surface area (Å²) in [5, 5.41) is 12.2. The van der Waals surface area contributed by atoms with Crippen molar-refractivity contribution in [1.29, 1.82) is 0 Å². The van der Waals surface area contributed by atoms with Crippen LogP contribution in [0.1, 0.15) is 36.7 Å². The molecule has 0 amide bonds. The van der Waals surface area contributed by atoms with E-state index in [2.05, 4.69) is 51.5 Å². The van der Waals surface area contributed by atoms with Gasteiger partial charge in [-0.2, -0.15) is 19.7 Å². The Bertz CT molecular complexity index is 1030. The van der Waals surface area contributed by atoms with Crippen LogP contribution in [-0.4, -0.2) is 29.4 Å². The van der Waals surface area contributed by atoms with Gasteiger partial charge in [-0.25, -0.2) is 9.67 Å². The number of para-hydroxylation sites is 1. The van der Waals surface area contributed by atoms with Gasteiger partial charge in [0.25, 0.3) is 0 Å². The Morgan fingerprint density at radius 3 is 2.69 bits per heavy atom. The van der Waals surface area contributed by atoms with Crippen molar-refractivity contribution in [3.8, 4) is 5.69 Å². The second kappa shape index (κ2) is 6.59. The number of fused-ring (bicyclic) bond motifs is 1. The van der Waals surface area contributed by atoms with E-state index in [0.29, 0.717) is 18.4 Å². The highest BCUT2D eigenvalue weighted by Gasteiger charge is 2.14. The fraction of sp³-hybridized carbons (Fsp3) is 0.263. The van der Waals surface area contributed by atoms with Crippen LogP contribution in [0.3, 0.4) is 0 Å². The lowest BCUT2D eigenvalue weighted by Gasteiger charge is -2.12. The lowest BCUT2D eigenvalue weighted by Crippen LogP contribution is -2.11. The molecule has 0 unspecified atom stereocenters. The first kappa shape index (κ1) is 16.3. The molecule has 7 heteroatoms. The van der Waals surface area contributed by atoms with Gasteiger partial charge in [0.2, 0.25) is 5.95 Å². The van der Waals surface area contributed by atoms with Crippen LogP contribution in [0.4, 0.5) is 5.95 Å². The van der Waals surface area contributed by atoms with Crippen molar-refractivity contribution in [2.24, 2.45) is 0 Å². The average molecular weight is 347 g/mol. The molecule has 3 aromatic heterocycles. The molecule has 1 N–H and O–H groups in total. The molecule has 132 valence electrons. The molecule has 4 rings (SSSR count). The summed E-state index contributed by atoms with van der Waals surface area (Å²) in [6.45, 7) is 6.79. The molecule has 0 saturated heterocycles. The number of hydrogen-bond donors (Lipinski definition) is 1. The highest BCUT2D eigenvalue weighted by Crippen LogP contribution is 2.21. The molecule has 0 aliphatic heterocycles. The first-order chi connectivity index (χ1) is 12.6. The molecule has 7 nitrogen and oxygen atoms in total. The van der Waals surface area contributed by atoms with Crippen molar-refractivity contribution in [1.82, 2.24) is 29.4 Å². The van der Waals surface area contributed by atoms with Gasteiger partial charge in [0.15, 0.2) is 5.65 Å². The van der Waals surface area contributed by atoms with Crippen LogP contribution in [-0.2, 0) is 6.54 Å². The number of hydrogen-bond acceptors (Lipinski definition) is 5. The predicted molar refractivity (Wildman–Crippen MR) is 100 cm³/mol. The maximum atomic E-state index is 4.57. The zero-order chi connectivity index (χ0) is 18.1. The summed E-state index contributed by atoms with van der Waals surface area (Å²) in [7, 11) is 0. The third-order valence-electron chi connectivity index (χ3n) is 4.31. The topological polar surface area (TPSA) is 72.9 Å². The lowest BCUT2D eigenvalue weighted by atomic mass is 10.1. The van der Waals surface area contributed by atoms with Crippen LogP contribution >= 0.6 is 0 Å². The van der Waals surface area contributed by atoms with E-state index in [1.54, 1.807) is 10.7 Å². The molecule has 3 heterocycles. The summed E-state index contributed by atoms with van der Waals surface area (Å²) in [4.78, 5) is 9.10. The van der Waals surface area contributed by atoms with Crippen LogP contribution in [0.2, 0.25) is 0 Å². The quantitative estimate of drug-likeness (QED) is 0.599. The van der Waals surface area contributed by atoms with Crippen LogP contribution in [0.25, 0.3) is 11.3 Å². The van der Waals surface area contributed by atoms with Crippen molar-refractivity contribution in [3.63, 3.8) is 0 Å². The molecule has 0 bridgehead atoms. The number of benzene rings is 1. The minimum Gasteiger partial charge on any atom is -0.350 e. The smallest absolute Gasteiger partial charge is 0.227 e. The molecule has 0 aliphatic rings. The van der Waals surface area contributed by atoms with Gasteiger partial charge >= 0.3 is 0 Å². The average Bonchev–Trinajstić information content (AvgIpc) is 3.29. The standard InChI is InChI=1S/C19H21N7/c1-13(2)16-12-22-26-18(16)23-14(3)24-19(26)20-11-15-7-4-5-8-17(15)25-10-6-9-21-25/h4-10,12-13H,11H2,1-3H3,(H,20,23,24). The van der Waals surface area contributed by atoms with Gasteiger partial charge in [0.1, 0.15) is 5.82 Å². The van der Waals surface area contributed by atoms with Gasteiger partial charge in [-0.3, -0.25) is 0 Å². The second-order valence-electron chi connectivity index (χ2n) is 6.52. The minimum absolute atomic E-state index is 0.357. The monoisotopic (exact) mass is 347 g/mol. The molecule has 0 aliphatic carbocycles. The second-order valence-corrected chi connectivity index (χ2v) is 6.52. The summed E-state index contributed by atoms with van der Waals surface area (Å²) in [6, 6.07) is 10.1. The summed E-state index contributed by atoms with van der Waals surface area (Å²) in [5.74, 6) is 1.77. The summed E-state index contributed by atoms with van der Waals surface area (Å²) in [5.41, 5.74) is 4.14. The maximum Gasteiger partial charge on any atom is 0.227 e. The number of rotatable bonds is 5. The van der Waals surface area contributed by atoms with Crippen molar-refractivity contribution in [2.45, 2.75) is 33.2 Å². The molecule has 4 aromatic rings. The Kier molecular flexibility index (Phi) is 4.12. The molecule has 0 radical (unpaired) electrons. The van der Waals surface area contributed by atoms with Crippen LogP contribution in [0, 0.1) is 6.92 Å². The van der Waals surface area contributed by atoms with Crippen LogP contribution in [0.15, 0.2) is 48.9 Å². The molecule has 0 atom stereocenters. The Morgan fingerprint density at radius 2 is 1.92 bits per heavy atom. The van der Waals surface area contributed by atoms with Gasteiger partial charge in [-0.15, -0.1) is 0 Å². The first-order valence-electron chi connectivity index (χ1n) is 8.67. The van der Waals surface area contributed by atoms with E-state index in [9.17, 15) is 0 Å². The van der Waals surface area contributed by atoms with Crippen molar-refractivity contribution >= 4 is 11.6 Å². The zero-order valence-corrected chi connectivity index (χ0v) is 15.1. The Labute approximate surface area is 151 Å². The molecule has 0 spiro atoms. The number of nitrogens with zero attached hydrogens (tertiary/aromatic N) is 6. The molecule has 1 aromatic carbocycles. The normalized spacial score (nSPS) is 11.4. The fourth-order valence-electron chi connectivity index (χ4n) is 2.99. The Morgan fingerprint density at radius 1 is 1.08 bits per heavy atom. The maximum absolute atomic E-state index is 4.57. The van der Waals surface area contributed by atoms with Gasteiger partial charge in [0.05, 0.1) is 11.9 Å². The third-order valence-corrected chi connectivity index (χ3v) is 4.31.